The van der Waals surface area contributed by atoms with Gasteiger partial charge < -0.3 is 4.74 Å². The Labute approximate surface area is 125 Å². The van der Waals surface area contributed by atoms with Gasteiger partial charge in [0.2, 0.25) is 5.75 Å². The molecule has 0 aliphatic heterocycles. The number of nitrogens with zero attached hydrogens (tertiary/aromatic N) is 2. The van der Waals surface area contributed by atoms with E-state index in [4.69, 9.17) is 4.74 Å². The fourth-order valence-corrected chi connectivity index (χ4v) is 2.73. The molecule has 0 spiro atoms. The number of hydrogen-bond acceptors (Lipinski definition) is 1. The van der Waals surface area contributed by atoms with E-state index in [1.54, 1.807) is 7.11 Å². The first-order chi connectivity index (χ1) is 10.2. The van der Waals surface area contributed by atoms with Gasteiger partial charge in [-0.05, 0) is 12.1 Å². The van der Waals surface area contributed by atoms with E-state index in [2.05, 4.69) is 47.7 Å². The van der Waals surface area contributed by atoms with Crippen LogP contribution in [-0.2, 0) is 14.1 Å². The number of ether oxygens (including phenoxy) is 1. The van der Waals surface area contributed by atoms with Crippen molar-refractivity contribution in [2.24, 2.45) is 14.1 Å². The summed E-state index contributed by atoms with van der Waals surface area (Å²) in [6.07, 6.45) is 0. The molecule has 0 aliphatic carbocycles. The monoisotopic (exact) mass is 279 g/mol. The predicted molar refractivity (Wildman–Crippen MR) is 84.0 cm³/mol. The molecule has 0 saturated heterocycles. The second kappa shape index (κ2) is 5.44. The van der Waals surface area contributed by atoms with E-state index in [0.717, 1.165) is 28.3 Å². The van der Waals surface area contributed by atoms with Crippen molar-refractivity contribution >= 4 is 0 Å². The minimum Gasteiger partial charge on any atom is -0.489 e. The third-order valence-corrected chi connectivity index (χ3v) is 3.83. The highest BCUT2D eigenvalue weighted by Crippen LogP contribution is 2.36. The van der Waals surface area contributed by atoms with Crippen molar-refractivity contribution in [2.45, 2.75) is 0 Å². The normalized spacial score (nSPS) is 10.6. The molecule has 0 saturated carbocycles. The third-order valence-electron chi connectivity index (χ3n) is 3.83. The fourth-order valence-electron chi connectivity index (χ4n) is 2.73. The summed E-state index contributed by atoms with van der Waals surface area (Å²) in [6.45, 7) is 0. The third kappa shape index (κ3) is 2.21. The van der Waals surface area contributed by atoms with Gasteiger partial charge in [0.15, 0.2) is 12.7 Å². The van der Waals surface area contributed by atoms with Crippen molar-refractivity contribution in [3.8, 4) is 28.3 Å². The van der Waals surface area contributed by atoms with E-state index in [9.17, 15) is 0 Å². The summed E-state index contributed by atoms with van der Waals surface area (Å²) in [4.78, 5) is 0. The number of aromatic nitrogens is 2. The standard InChI is InChI=1S/C18H19N2O/c1-19-16(14-10-6-4-7-11-14)18(21-3)17(20(19)2)15-12-8-5-9-13-15/h4-13H,1-3H3/q+1. The molecule has 0 unspecified atom stereocenters. The van der Waals surface area contributed by atoms with Crippen LogP contribution in [0.15, 0.2) is 60.7 Å². The van der Waals surface area contributed by atoms with E-state index in [-0.39, 0.29) is 0 Å². The van der Waals surface area contributed by atoms with Crippen molar-refractivity contribution in [2.75, 3.05) is 7.11 Å². The molecule has 3 heteroatoms. The molecule has 0 aliphatic rings. The van der Waals surface area contributed by atoms with Gasteiger partial charge in [-0.25, -0.2) is 0 Å². The van der Waals surface area contributed by atoms with Gasteiger partial charge in [-0.2, -0.15) is 4.68 Å². The van der Waals surface area contributed by atoms with Gasteiger partial charge in [0, 0.05) is 5.56 Å². The predicted octanol–water partition coefficient (Wildman–Crippen LogP) is 3.19. The summed E-state index contributed by atoms with van der Waals surface area (Å²) in [5.41, 5.74) is 4.46. The summed E-state index contributed by atoms with van der Waals surface area (Å²) in [6, 6.07) is 20.6. The Bertz CT molecular complexity index is 683. The highest BCUT2D eigenvalue weighted by atomic mass is 16.5. The highest BCUT2D eigenvalue weighted by Gasteiger charge is 2.29. The van der Waals surface area contributed by atoms with Crippen LogP contribution in [0.3, 0.4) is 0 Å². The first-order valence-corrected chi connectivity index (χ1v) is 6.98. The van der Waals surface area contributed by atoms with Crippen LogP contribution in [-0.4, -0.2) is 11.8 Å². The maximum absolute atomic E-state index is 5.75. The summed E-state index contributed by atoms with van der Waals surface area (Å²) < 4.78 is 9.99. The minimum absolute atomic E-state index is 0.900. The van der Waals surface area contributed by atoms with Crippen LogP contribution in [0.2, 0.25) is 0 Å². The maximum Gasteiger partial charge on any atom is 0.280 e. The van der Waals surface area contributed by atoms with Crippen molar-refractivity contribution in [1.82, 2.24) is 4.68 Å². The molecule has 0 fully saturated rings. The van der Waals surface area contributed by atoms with Gasteiger partial charge in [-0.1, -0.05) is 48.5 Å². The second-order valence-electron chi connectivity index (χ2n) is 5.01. The molecule has 0 bridgehead atoms. The topological polar surface area (TPSA) is 18.0 Å². The van der Waals surface area contributed by atoms with Crippen molar-refractivity contribution in [3.63, 3.8) is 0 Å². The van der Waals surface area contributed by atoms with E-state index in [1.807, 2.05) is 36.4 Å². The lowest BCUT2D eigenvalue weighted by atomic mass is 10.1. The van der Waals surface area contributed by atoms with E-state index in [0.29, 0.717) is 0 Å². The lowest BCUT2D eigenvalue weighted by molar-refractivity contribution is -0.740. The van der Waals surface area contributed by atoms with Gasteiger partial charge in [-0.15, -0.1) is 4.68 Å². The molecule has 0 radical (unpaired) electrons. The molecule has 3 nitrogen and oxygen atoms in total. The average Bonchev–Trinajstić information content (AvgIpc) is 2.80. The molecule has 106 valence electrons. The lowest BCUT2D eigenvalue weighted by Crippen LogP contribution is -2.39. The molecule has 2 aromatic carbocycles. The Morgan fingerprint density at radius 2 is 1.38 bits per heavy atom. The largest absolute Gasteiger partial charge is 0.489 e. The van der Waals surface area contributed by atoms with E-state index in [1.165, 1.54) is 0 Å². The molecular weight excluding hydrogens is 260 g/mol. The summed E-state index contributed by atoms with van der Waals surface area (Å²) in [5.74, 6) is 0.900. The Balaban J connectivity index is 2.29. The van der Waals surface area contributed by atoms with Crippen molar-refractivity contribution in [3.05, 3.63) is 60.7 Å². The summed E-state index contributed by atoms with van der Waals surface area (Å²) in [5, 5.41) is 0. The molecule has 3 rings (SSSR count). The lowest BCUT2D eigenvalue weighted by Gasteiger charge is -2.02. The molecule has 1 aromatic heterocycles. The molecule has 0 amide bonds. The van der Waals surface area contributed by atoms with Crippen LogP contribution in [0.1, 0.15) is 0 Å². The van der Waals surface area contributed by atoms with Crippen LogP contribution in [0.25, 0.3) is 22.5 Å². The Morgan fingerprint density at radius 3 is 1.90 bits per heavy atom. The molecule has 0 atom stereocenters. The SMILES string of the molecule is COc1c(-c2ccccc2)n(C)[n+](C)c1-c1ccccc1. The average molecular weight is 279 g/mol. The van der Waals surface area contributed by atoms with Gasteiger partial charge in [0.25, 0.3) is 5.69 Å². The summed E-state index contributed by atoms with van der Waals surface area (Å²) >= 11 is 0. The number of benzene rings is 2. The van der Waals surface area contributed by atoms with Crippen molar-refractivity contribution in [1.29, 1.82) is 0 Å². The number of hydrogen-bond donors (Lipinski definition) is 0. The van der Waals surface area contributed by atoms with Gasteiger partial charge in [0.05, 0.1) is 19.7 Å². The van der Waals surface area contributed by atoms with Gasteiger partial charge in [-0.3, -0.25) is 0 Å². The van der Waals surface area contributed by atoms with Crippen LogP contribution in [0.4, 0.5) is 0 Å². The fraction of sp³-hybridized carbons (Fsp3) is 0.167. The Kier molecular flexibility index (Phi) is 3.48. The Hall–Kier alpha value is -2.55. The maximum atomic E-state index is 5.75. The van der Waals surface area contributed by atoms with Gasteiger partial charge >= 0.3 is 0 Å². The molecule has 3 aromatic rings. The molecule has 21 heavy (non-hydrogen) atoms. The van der Waals surface area contributed by atoms with Crippen LogP contribution < -0.4 is 9.42 Å². The number of rotatable bonds is 3. The first kappa shape index (κ1) is 13.4. The zero-order valence-electron chi connectivity index (χ0n) is 12.6. The van der Waals surface area contributed by atoms with Crippen LogP contribution in [0, 0.1) is 0 Å². The van der Waals surface area contributed by atoms with Gasteiger partial charge in [0.1, 0.15) is 0 Å². The Morgan fingerprint density at radius 1 is 0.857 bits per heavy atom. The van der Waals surface area contributed by atoms with Crippen LogP contribution >= 0.6 is 0 Å². The summed E-state index contributed by atoms with van der Waals surface area (Å²) in [7, 11) is 5.84. The minimum atomic E-state index is 0.900. The van der Waals surface area contributed by atoms with Crippen LogP contribution in [0.5, 0.6) is 5.75 Å². The van der Waals surface area contributed by atoms with E-state index >= 15 is 0 Å². The highest BCUT2D eigenvalue weighted by molar-refractivity contribution is 5.76. The smallest absolute Gasteiger partial charge is 0.280 e. The van der Waals surface area contributed by atoms with Crippen molar-refractivity contribution < 1.29 is 9.42 Å². The zero-order chi connectivity index (χ0) is 14.8. The molecule has 0 N–H and O–H groups in total. The zero-order valence-corrected chi connectivity index (χ0v) is 12.6. The second-order valence-corrected chi connectivity index (χ2v) is 5.01. The van der Waals surface area contributed by atoms with E-state index < -0.39 is 0 Å². The quantitative estimate of drug-likeness (QED) is 0.673. The molecular formula is C18H19N2O+. The first-order valence-electron chi connectivity index (χ1n) is 6.98. The number of methoxy groups -OCH3 is 1. The molecule has 1 heterocycles.